The quantitative estimate of drug-likeness (QED) is 0.794. The second kappa shape index (κ2) is 4.44. The van der Waals surface area contributed by atoms with Crippen molar-refractivity contribution in [1.82, 2.24) is 10.2 Å². The third kappa shape index (κ3) is 2.36. The standard InChI is InChI=1S/C13H20N2O/c1-13(2)10-14-7-8-15(13)9-11-5-3-4-6-12(11)16/h3-6,14,16H,7-10H2,1-2H3. The molecule has 3 nitrogen and oxygen atoms in total. The number of nitrogens with zero attached hydrogens (tertiary/aromatic N) is 1. The van der Waals surface area contributed by atoms with E-state index in [1.165, 1.54) is 0 Å². The lowest BCUT2D eigenvalue weighted by molar-refractivity contribution is 0.0819. The topological polar surface area (TPSA) is 35.5 Å². The van der Waals surface area contributed by atoms with Crippen molar-refractivity contribution in [2.75, 3.05) is 19.6 Å². The summed E-state index contributed by atoms with van der Waals surface area (Å²) >= 11 is 0. The summed E-state index contributed by atoms with van der Waals surface area (Å²) in [4.78, 5) is 2.42. The summed E-state index contributed by atoms with van der Waals surface area (Å²) in [6, 6.07) is 7.59. The third-order valence-corrected chi connectivity index (χ3v) is 3.32. The minimum Gasteiger partial charge on any atom is -0.508 e. The van der Waals surface area contributed by atoms with Crippen molar-refractivity contribution in [2.24, 2.45) is 0 Å². The molecule has 1 heterocycles. The predicted octanol–water partition coefficient (Wildman–Crippen LogP) is 1.58. The summed E-state index contributed by atoms with van der Waals surface area (Å²) in [5, 5.41) is 13.2. The smallest absolute Gasteiger partial charge is 0.120 e. The maximum atomic E-state index is 9.77. The van der Waals surface area contributed by atoms with Crippen LogP contribution in [0.25, 0.3) is 0 Å². The van der Waals surface area contributed by atoms with Gasteiger partial charge in [0.1, 0.15) is 5.75 Å². The SMILES string of the molecule is CC1(C)CNCCN1Cc1ccccc1O. The normalized spacial score (nSPS) is 20.9. The molecular weight excluding hydrogens is 200 g/mol. The first-order valence-electron chi connectivity index (χ1n) is 5.82. The number of hydrogen-bond acceptors (Lipinski definition) is 3. The first-order chi connectivity index (χ1) is 7.59. The van der Waals surface area contributed by atoms with Gasteiger partial charge in [0.15, 0.2) is 0 Å². The molecule has 0 aromatic heterocycles. The number of piperazine rings is 1. The molecule has 1 aliphatic rings. The summed E-state index contributed by atoms with van der Waals surface area (Å²) in [7, 11) is 0. The van der Waals surface area contributed by atoms with Gasteiger partial charge in [-0.25, -0.2) is 0 Å². The number of para-hydroxylation sites is 1. The molecule has 3 heteroatoms. The van der Waals surface area contributed by atoms with Gasteiger partial charge < -0.3 is 10.4 Å². The van der Waals surface area contributed by atoms with E-state index >= 15 is 0 Å². The van der Waals surface area contributed by atoms with Crippen LogP contribution in [-0.2, 0) is 6.54 Å². The molecule has 0 saturated carbocycles. The molecule has 1 saturated heterocycles. The maximum Gasteiger partial charge on any atom is 0.120 e. The van der Waals surface area contributed by atoms with Crippen molar-refractivity contribution >= 4 is 0 Å². The minimum atomic E-state index is 0.153. The highest BCUT2D eigenvalue weighted by Crippen LogP contribution is 2.23. The van der Waals surface area contributed by atoms with Crippen LogP contribution in [-0.4, -0.2) is 35.2 Å². The maximum absolute atomic E-state index is 9.77. The van der Waals surface area contributed by atoms with Gasteiger partial charge in [-0.1, -0.05) is 18.2 Å². The highest BCUT2D eigenvalue weighted by Gasteiger charge is 2.29. The van der Waals surface area contributed by atoms with Crippen molar-refractivity contribution in [2.45, 2.75) is 25.9 Å². The fraction of sp³-hybridized carbons (Fsp3) is 0.538. The van der Waals surface area contributed by atoms with Gasteiger partial charge in [0.25, 0.3) is 0 Å². The molecule has 1 aliphatic heterocycles. The summed E-state index contributed by atoms with van der Waals surface area (Å²) < 4.78 is 0. The Morgan fingerprint density at radius 3 is 2.81 bits per heavy atom. The van der Waals surface area contributed by atoms with E-state index in [1.54, 1.807) is 6.07 Å². The van der Waals surface area contributed by atoms with E-state index in [-0.39, 0.29) is 5.54 Å². The number of phenols is 1. The largest absolute Gasteiger partial charge is 0.508 e. The van der Waals surface area contributed by atoms with E-state index in [9.17, 15) is 5.11 Å². The van der Waals surface area contributed by atoms with E-state index in [0.29, 0.717) is 5.75 Å². The van der Waals surface area contributed by atoms with E-state index in [0.717, 1.165) is 31.7 Å². The Morgan fingerprint density at radius 2 is 2.12 bits per heavy atom. The summed E-state index contributed by atoms with van der Waals surface area (Å²) in [6.07, 6.45) is 0. The van der Waals surface area contributed by atoms with Crippen molar-refractivity contribution < 1.29 is 5.11 Å². The van der Waals surface area contributed by atoms with Crippen LogP contribution >= 0.6 is 0 Å². The summed E-state index contributed by atoms with van der Waals surface area (Å²) in [6.45, 7) is 8.35. The van der Waals surface area contributed by atoms with Gasteiger partial charge in [-0.15, -0.1) is 0 Å². The van der Waals surface area contributed by atoms with Gasteiger partial charge in [0.2, 0.25) is 0 Å². The monoisotopic (exact) mass is 220 g/mol. The van der Waals surface area contributed by atoms with Crippen LogP contribution in [0.3, 0.4) is 0 Å². The van der Waals surface area contributed by atoms with Gasteiger partial charge in [0, 0.05) is 37.3 Å². The molecule has 0 amide bonds. The average Bonchev–Trinajstić information content (AvgIpc) is 2.24. The van der Waals surface area contributed by atoms with Crippen LogP contribution in [0.5, 0.6) is 5.75 Å². The van der Waals surface area contributed by atoms with E-state index in [4.69, 9.17) is 0 Å². The van der Waals surface area contributed by atoms with Crippen LogP contribution < -0.4 is 5.32 Å². The first-order valence-corrected chi connectivity index (χ1v) is 5.82. The van der Waals surface area contributed by atoms with Crippen molar-refractivity contribution in [1.29, 1.82) is 0 Å². The van der Waals surface area contributed by atoms with Crippen LogP contribution in [0.1, 0.15) is 19.4 Å². The molecule has 0 aliphatic carbocycles. The molecule has 88 valence electrons. The molecule has 0 bridgehead atoms. The molecule has 16 heavy (non-hydrogen) atoms. The average molecular weight is 220 g/mol. The zero-order valence-corrected chi connectivity index (χ0v) is 10.0. The molecule has 2 rings (SSSR count). The van der Waals surface area contributed by atoms with Crippen molar-refractivity contribution in [3.63, 3.8) is 0 Å². The Labute approximate surface area is 97.1 Å². The van der Waals surface area contributed by atoms with Gasteiger partial charge >= 0.3 is 0 Å². The number of hydrogen-bond donors (Lipinski definition) is 2. The second-order valence-electron chi connectivity index (χ2n) is 5.04. The molecule has 1 aromatic rings. The Morgan fingerprint density at radius 1 is 1.38 bits per heavy atom. The lowest BCUT2D eigenvalue weighted by atomic mass is 9.99. The fourth-order valence-electron chi connectivity index (χ4n) is 2.17. The second-order valence-corrected chi connectivity index (χ2v) is 5.04. The van der Waals surface area contributed by atoms with Crippen LogP contribution in [0.15, 0.2) is 24.3 Å². The number of benzene rings is 1. The fourth-order valence-corrected chi connectivity index (χ4v) is 2.17. The van der Waals surface area contributed by atoms with Crippen LogP contribution in [0.4, 0.5) is 0 Å². The van der Waals surface area contributed by atoms with E-state index in [2.05, 4.69) is 24.1 Å². The third-order valence-electron chi connectivity index (χ3n) is 3.32. The lowest BCUT2D eigenvalue weighted by Gasteiger charge is -2.42. The highest BCUT2D eigenvalue weighted by molar-refractivity contribution is 5.31. The zero-order chi connectivity index (χ0) is 11.6. The predicted molar refractivity (Wildman–Crippen MR) is 65.5 cm³/mol. The lowest BCUT2D eigenvalue weighted by Crippen LogP contribution is -2.57. The van der Waals surface area contributed by atoms with E-state index < -0.39 is 0 Å². The van der Waals surface area contributed by atoms with Gasteiger partial charge in [-0.2, -0.15) is 0 Å². The van der Waals surface area contributed by atoms with Crippen LogP contribution in [0, 0.1) is 0 Å². The Bertz CT molecular complexity index is 363. The minimum absolute atomic E-state index is 0.153. The first kappa shape index (κ1) is 11.4. The van der Waals surface area contributed by atoms with Crippen molar-refractivity contribution in [3.8, 4) is 5.75 Å². The zero-order valence-electron chi connectivity index (χ0n) is 10.0. The Hall–Kier alpha value is -1.06. The number of nitrogens with one attached hydrogen (secondary N) is 1. The summed E-state index contributed by atoms with van der Waals surface area (Å²) in [5.41, 5.74) is 1.16. The van der Waals surface area contributed by atoms with E-state index in [1.807, 2.05) is 18.2 Å². The number of rotatable bonds is 2. The number of aromatic hydroxyl groups is 1. The molecule has 0 spiro atoms. The summed E-state index contributed by atoms with van der Waals surface area (Å²) in [5.74, 6) is 0.400. The molecule has 1 aromatic carbocycles. The molecule has 0 atom stereocenters. The number of phenolic OH excluding ortho intramolecular Hbond substituents is 1. The van der Waals surface area contributed by atoms with Crippen molar-refractivity contribution in [3.05, 3.63) is 29.8 Å². The van der Waals surface area contributed by atoms with Gasteiger partial charge in [-0.05, 0) is 19.9 Å². The Balaban J connectivity index is 2.12. The molecule has 1 fully saturated rings. The molecule has 0 unspecified atom stereocenters. The van der Waals surface area contributed by atoms with Gasteiger partial charge in [0.05, 0.1) is 0 Å². The molecule has 0 radical (unpaired) electrons. The Kier molecular flexibility index (Phi) is 3.17. The highest BCUT2D eigenvalue weighted by atomic mass is 16.3. The van der Waals surface area contributed by atoms with Gasteiger partial charge in [-0.3, -0.25) is 4.90 Å². The molecule has 2 N–H and O–H groups in total. The molecular formula is C13H20N2O. The van der Waals surface area contributed by atoms with Crippen LogP contribution in [0.2, 0.25) is 0 Å².